The molecule has 0 unspecified atom stereocenters. The molecular weight excluding hydrogens is 418 g/mol. The Labute approximate surface area is 172 Å². The molecular formula is C19H20F2N4O4S. The number of nitrogens with one attached hydrogen (secondary N) is 4. The van der Waals surface area contributed by atoms with Gasteiger partial charge in [0, 0.05) is 24.0 Å². The summed E-state index contributed by atoms with van der Waals surface area (Å²) in [6, 6.07) is 7.95. The molecule has 2 aromatic carbocycles. The third kappa shape index (κ3) is 6.41. The fourth-order valence-electron chi connectivity index (χ4n) is 2.62. The molecule has 1 fully saturated rings. The maximum atomic E-state index is 13.1. The van der Waals surface area contributed by atoms with Gasteiger partial charge in [0.2, 0.25) is 10.0 Å². The van der Waals surface area contributed by atoms with Crippen LogP contribution in [0.3, 0.4) is 0 Å². The number of amides is 4. The summed E-state index contributed by atoms with van der Waals surface area (Å²) in [6.07, 6.45) is 1.59. The van der Waals surface area contributed by atoms with E-state index in [9.17, 15) is 26.8 Å². The molecule has 160 valence electrons. The smallest absolute Gasteiger partial charge is 0.328 e. The van der Waals surface area contributed by atoms with E-state index in [-0.39, 0.29) is 12.2 Å². The van der Waals surface area contributed by atoms with Crippen LogP contribution in [0.1, 0.15) is 18.4 Å². The number of hydrogen-bond donors (Lipinski definition) is 4. The van der Waals surface area contributed by atoms with E-state index in [1.54, 1.807) is 24.3 Å². The van der Waals surface area contributed by atoms with Crippen LogP contribution in [0.5, 0.6) is 0 Å². The molecule has 3 rings (SSSR count). The molecule has 0 bridgehead atoms. The third-order valence-corrected chi connectivity index (χ3v) is 6.05. The van der Waals surface area contributed by atoms with Gasteiger partial charge in [0.05, 0.1) is 5.25 Å². The Bertz CT molecular complexity index is 1020. The van der Waals surface area contributed by atoms with Gasteiger partial charge < -0.3 is 16.0 Å². The molecule has 0 saturated heterocycles. The van der Waals surface area contributed by atoms with Crippen LogP contribution in [0.25, 0.3) is 0 Å². The monoisotopic (exact) mass is 438 g/mol. The lowest BCUT2D eigenvalue weighted by molar-refractivity contribution is 0.246. The van der Waals surface area contributed by atoms with Crippen molar-refractivity contribution < 1.29 is 26.8 Å². The standard InChI is InChI=1S/C19H20F2N4O4S/c20-13-9-14(21)11-16(10-13)24-19(27)23-15-3-1-12(2-4-15)7-8-22-18(26)25-30(28,29)17-5-6-17/h1-4,9-11,17H,5-8H2,(H2,22,25,26)(H2,23,24,27). The van der Waals surface area contributed by atoms with Crippen molar-refractivity contribution in [2.24, 2.45) is 0 Å². The fourth-order valence-corrected chi connectivity index (χ4v) is 3.88. The molecule has 4 N–H and O–H groups in total. The van der Waals surface area contributed by atoms with E-state index in [1.165, 1.54) is 0 Å². The maximum Gasteiger partial charge on any atom is 0.328 e. The Kier molecular flexibility index (Phi) is 6.50. The maximum absolute atomic E-state index is 13.1. The van der Waals surface area contributed by atoms with Gasteiger partial charge in [-0.2, -0.15) is 0 Å². The highest BCUT2D eigenvalue weighted by Gasteiger charge is 2.36. The summed E-state index contributed by atoms with van der Waals surface area (Å²) >= 11 is 0. The fraction of sp³-hybridized carbons (Fsp3) is 0.263. The summed E-state index contributed by atoms with van der Waals surface area (Å²) in [5, 5.41) is 6.87. The minimum atomic E-state index is -3.58. The number of anilines is 2. The van der Waals surface area contributed by atoms with Crippen molar-refractivity contribution in [3.63, 3.8) is 0 Å². The lowest BCUT2D eigenvalue weighted by Gasteiger charge is -2.10. The largest absolute Gasteiger partial charge is 0.337 e. The first kappa shape index (κ1) is 21.5. The quantitative estimate of drug-likeness (QED) is 0.532. The number of sulfonamides is 1. The van der Waals surface area contributed by atoms with E-state index in [0.717, 1.165) is 17.7 Å². The molecule has 0 heterocycles. The summed E-state index contributed by atoms with van der Waals surface area (Å²) in [6.45, 7) is 0.227. The van der Waals surface area contributed by atoms with Crippen LogP contribution in [-0.4, -0.2) is 32.3 Å². The Balaban J connectivity index is 1.43. The summed E-state index contributed by atoms with van der Waals surface area (Å²) in [5.41, 5.74) is 1.28. The minimum Gasteiger partial charge on any atom is -0.337 e. The zero-order valence-electron chi connectivity index (χ0n) is 15.7. The van der Waals surface area contributed by atoms with Crippen molar-refractivity contribution in [1.29, 1.82) is 0 Å². The second kappa shape index (κ2) is 9.08. The topological polar surface area (TPSA) is 116 Å². The van der Waals surface area contributed by atoms with Crippen LogP contribution in [0.2, 0.25) is 0 Å². The van der Waals surface area contributed by atoms with Crippen molar-refractivity contribution in [2.75, 3.05) is 17.2 Å². The lowest BCUT2D eigenvalue weighted by atomic mass is 10.1. The lowest BCUT2D eigenvalue weighted by Crippen LogP contribution is -2.41. The molecule has 2 aromatic rings. The number of carbonyl (C=O) groups is 2. The van der Waals surface area contributed by atoms with Crippen LogP contribution in [0.15, 0.2) is 42.5 Å². The van der Waals surface area contributed by atoms with Crippen molar-refractivity contribution >= 4 is 33.5 Å². The van der Waals surface area contributed by atoms with E-state index in [1.807, 2.05) is 4.72 Å². The van der Waals surface area contributed by atoms with Crippen LogP contribution in [0, 0.1) is 11.6 Å². The van der Waals surface area contributed by atoms with E-state index >= 15 is 0 Å². The van der Waals surface area contributed by atoms with E-state index < -0.39 is 39.0 Å². The second-order valence-electron chi connectivity index (χ2n) is 6.79. The van der Waals surface area contributed by atoms with E-state index in [0.29, 0.717) is 31.0 Å². The van der Waals surface area contributed by atoms with Crippen molar-refractivity contribution in [3.05, 3.63) is 59.7 Å². The van der Waals surface area contributed by atoms with Gasteiger partial charge in [0.1, 0.15) is 11.6 Å². The molecule has 0 aromatic heterocycles. The minimum absolute atomic E-state index is 0.0188. The Morgan fingerprint density at radius 2 is 1.50 bits per heavy atom. The molecule has 1 saturated carbocycles. The number of urea groups is 2. The zero-order chi connectivity index (χ0) is 21.7. The van der Waals surface area contributed by atoms with E-state index in [4.69, 9.17) is 0 Å². The van der Waals surface area contributed by atoms with Crippen molar-refractivity contribution in [1.82, 2.24) is 10.0 Å². The van der Waals surface area contributed by atoms with Gasteiger partial charge in [0.25, 0.3) is 0 Å². The van der Waals surface area contributed by atoms with Gasteiger partial charge >= 0.3 is 12.1 Å². The third-order valence-electron chi connectivity index (χ3n) is 4.23. The summed E-state index contributed by atoms with van der Waals surface area (Å²) in [7, 11) is -3.58. The van der Waals surface area contributed by atoms with Crippen molar-refractivity contribution in [2.45, 2.75) is 24.5 Å². The molecule has 1 aliphatic carbocycles. The highest BCUT2D eigenvalue weighted by Crippen LogP contribution is 2.27. The first-order valence-electron chi connectivity index (χ1n) is 9.14. The van der Waals surface area contributed by atoms with Gasteiger partial charge in [-0.1, -0.05) is 12.1 Å². The molecule has 0 spiro atoms. The van der Waals surface area contributed by atoms with Crippen molar-refractivity contribution in [3.8, 4) is 0 Å². The van der Waals surface area contributed by atoms with Gasteiger partial charge in [-0.05, 0) is 49.1 Å². The number of carbonyl (C=O) groups excluding carboxylic acids is 2. The second-order valence-corrected chi connectivity index (χ2v) is 8.75. The predicted molar refractivity (Wildman–Crippen MR) is 108 cm³/mol. The van der Waals surface area contributed by atoms with Gasteiger partial charge in [-0.3, -0.25) is 0 Å². The molecule has 4 amide bonds. The van der Waals surface area contributed by atoms with Crippen LogP contribution < -0.4 is 20.7 Å². The number of hydrogen-bond acceptors (Lipinski definition) is 4. The Morgan fingerprint density at radius 3 is 2.10 bits per heavy atom. The normalized spacial score (nSPS) is 13.4. The molecule has 30 heavy (non-hydrogen) atoms. The summed E-state index contributed by atoms with van der Waals surface area (Å²) in [5.74, 6) is -1.61. The van der Waals surface area contributed by atoms with Gasteiger partial charge in [0.15, 0.2) is 0 Å². The van der Waals surface area contributed by atoms with E-state index in [2.05, 4.69) is 16.0 Å². The summed E-state index contributed by atoms with van der Waals surface area (Å²) < 4.78 is 51.6. The zero-order valence-corrected chi connectivity index (χ0v) is 16.6. The number of halogens is 2. The average molecular weight is 438 g/mol. The number of benzene rings is 2. The first-order chi connectivity index (χ1) is 14.2. The average Bonchev–Trinajstić information content (AvgIpc) is 3.47. The predicted octanol–water partition coefficient (Wildman–Crippen LogP) is 2.94. The van der Waals surface area contributed by atoms with Gasteiger partial charge in [-0.15, -0.1) is 0 Å². The molecule has 0 atom stereocenters. The SMILES string of the molecule is O=C(Nc1ccc(CCNC(=O)NS(=O)(=O)C2CC2)cc1)Nc1cc(F)cc(F)c1. The Morgan fingerprint density at radius 1 is 0.900 bits per heavy atom. The summed E-state index contributed by atoms with van der Waals surface area (Å²) in [4.78, 5) is 23.6. The molecule has 11 heteroatoms. The van der Waals surface area contributed by atoms with Gasteiger partial charge in [-0.25, -0.2) is 31.5 Å². The molecule has 8 nitrogen and oxygen atoms in total. The van der Waals surface area contributed by atoms with Crippen LogP contribution >= 0.6 is 0 Å². The molecule has 0 radical (unpaired) electrons. The van der Waals surface area contributed by atoms with Crippen LogP contribution in [0.4, 0.5) is 29.7 Å². The Hall–Kier alpha value is -3.21. The molecule has 0 aliphatic heterocycles. The number of rotatable bonds is 7. The first-order valence-corrected chi connectivity index (χ1v) is 10.7. The highest BCUT2D eigenvalue weighted by molar-refractivity contribution is 7.90. The van der Waals surface area contributed by atoms with Crippen LogP contribution in [-0.2, 0) is 16.4 Å². The molecule has 1 aliphatic rings. The highest BCUT2D eigenvalue weighted by atomic mass is 32.2.